The van der Waals surface area contributed by atoms with E-state index in [1.54, 1.807) is 24.3 Å². The molecule has 0 radical (unpaired) electrons. The number of carbonyl (C=O) groups excluding carboxylic acids is 1. The molecule has 0 saturated heterocycles. The van der Waals surface area contributed by atoms with E-state index in [-0.39, 0.29) is 5.78 Å². The average molecular weight is 322 g/mol. The molecule has 24 heavy (non-hydrogen) atoms. The van der Waals surface area contributed by atoms with E-state index in [0.29, 0.717) is 23.3 Å². The van der Waals surface area contributed by atoms with Gasteiger partial charge in [0, 0.05) is 5.56 Å². The van der Waals surface area contributed by atoms with Gasteiger partial charge in [0.1, 0.15) is 0 Å². The third kappa shape index (κ3) is 3.36. The van der Waals surface area contributed by atoms with E-state index >= 15 is 0 Å². The summed E-state index contributed by atoms with van der Waals surface area (Å²) < 4.78 is 6.79. The average Bonchev–Trinajstić information content (AvgIpc) is 2.88. The zero-order valence-electron chi connectivity index (χ0n) is 13.6. The number of hydrogen-bond donors (Lipinski definition) is 0. The van der Waals surface area contributed by atoms with Crippen molar-refractivity contribution in [2.75, 3.05) is 14.1 Å². The van der Waals surface area contributed by atoms with E-state index < -0.39 is 5.76 Å². The fraction of sp³-hybridized carbons (Fsp3) is 0.158. The second kappa shape index (κ2) is 6.68. The van der Waals surface area contributed by atoms with Crippen molar-refractivity contribution in [1.82, 2.24) is 9.47 Å². The molecular weight excluding hydrogens is 304 g/mol. The molecule has 0 fully saturated rings. The minimum atomic E-state index is -0.428. The largest absolute Gasteiger partial charge is 0.421 e. The number of nitrogens with zero attached hydrogens (tertiary/aromatic N) is 2. The number of allylic oxidation sites excluding steroid dienone is 1. The first kappa shape index (κ1) is 16.0. The van der Waals surface area contributed by atoms with Crippen molar-refractivity contribution < 1.29 is 9.21 Å². The molecular formula is C19H18N2O3. The lowest BCUT2D eigenvalue weighted by Crippen LogP contribution is -2.24. The Morgan fingerprint density at radius 3 is 2.62 bits per heavy atom. The maximum Gasteiger partial charge on any atom is 0.421 e. The Labute approximate surface area is 139 Å². The van der Waals surface area contributed by atoms with Gasteiger partial charge < -0.3 is 4.42 Å². The molecule has 0 amide bonds. The quantitative estimate of drug-likeness (QED) is 0.535. The number of hydrogen-bond acceptors (Lipinski definition) is 4. The minimum absolute atomic E-state index is 0.135. The van der Waals surface area contributed by atoms with Crippen molar-refractivity contribution in [3.05, 3.63) is 76.3 Å². The molecule has 5 nitrogen and oxygen atoms in total. The molecule has 0 saturated carbocycles. The lowest BCUT2D eigenvalue weighted by Gasteiger charge is -2.09. The highest BCUT2D eigenvalue weighted by molar-refractivity contribution is 6.08. The zero-order chi connectivity index (χ0) is 17.1. The molecule has 0 aliphatic carbocycles. The molecule has 0 aliphatic heterocycles. The summed E-state index contributed by atoms with van der Waals surface area (Å²) in [5.41, 5.74) is 2.54. The summed E-state index contributed by atoms with van der Waals surface area (Å²) in [6.07, 6.45) is 3.28. The summed E-state index contributed by atoms with van der Waals surface area (Å²) in [5.74, 6) is -0.563. The van der Waals surface area contributed by atoms with E-state index in [9.17, 15) is 9.59 Å². The Bertz CT molecular complexity index is 950. The van der Waals surface area contributed by atoms with Crippen LogP contribution in [0.5, 0.6) is 0 Å². The van der Waals surface area contributed by atoms with Gasteiger partial charge in [-0.05, 0) is 43.9 Å². The van der Waals surface area contributed by atoms with Crippen molar-refractivity contribution in [3.8, 4) is 0 Å². The lowest BCUT2D eigenvalue weighted by atomic mass is 10.1. The van der Waals surface area contributed by atoms with Crippen LogP contribution in [0.1, 0.15) is 15.9 Å². The summed E-state index contributed by atoms with van der Waals surface area (Å²) in [4.78, 5) is 26.1. The van der Waals surface area contributed by atoms with Gasteiger partial charge in [-0.1, -0.05) is 36.4 Å². The van der Waals surface area contributed by atoms with Crippen molar-refractivity contribution in [2.24, 2.45) is 0 Å². The van der Waals surface area contributed by atoms with Gasteiger partial charge in [0.15, 0.2) is 11.4 Å². The molecule has 0 unspecified atom stereocenters. The maximum absolute atomic E-state index is 12.3. The summed E-state index contributed by atoms with van der Waals surface area (Å²) in [6.45, 7) is 0.424. The topological polar surface area (TPSA) is 55.5 Å². The molecule has 5 heteroatoms. The first-order valence-electron chi connectivity index (χ1n) is 7.60. The van der Waals surface area contributed by atoms with Crippen LogP contribution in [0.3, 0.4) is 0 Å². The summed E-state index contributed by atoms with van der Waals surface area (Å²) in [6, 6.07) is 14.7. The van der Waals surface area contributed by atoms with Crippen molar-refractivity contribution in [3.63, 3.8) is 0 Å². The summed E-state index contributed by atoms with van der Waals surface area (Å²) >= 11 is 0. The fourth-order valence-electron chi connectivity index (χ4n) is 2.47. The monoisotopic (exact) mass is 322 g/mol. The standard InChI is InChI=1S/C19H18N2O3/c1-20(2)13-21-16-10-9-15(12-18(16)24-19(21)23)17(22)11-8-14-6-4-3-5-7-14/h3-12H,13H2,1-2H3/b11-8+. The highest BCUT2D eigenvalue weighted by atomic mass is 16.4. The molecule has 1 heterocycles. The predicted molar refractivity (Wildman–Crippen MR) is 94.0 cm³/mol. The van der Waals surface area contributed by atoms with Crippen molar-refractivity contribution in [1.29, 1.82) is 0 Å². The van der Waals surface area contributed by atoms with Gasteiger partial charge in [0.25, 0.3) is 0 Å². The van der Waals surface area contributed by atoms with Crippen molar-refractivity contribution >= 4 is 23.0 Å². The van der Waals surface area contributed by atoms with Crippen LogP contribution in [0.15, 0.2) is 63.8 Å². The van der Waals surface area contributed by atoms with Crippen LogP contribution in [0.2, 0.25) is 0 Å². The van der Waals surface area contributed by atoms with Crippen LogP contribution in [0.25, 0.3) is 17.2 Å². The first-order chi connectivity index (χ1) is 11.5. The Morgan fingerprint density at radius 2 is 1.92 bits per heavy atom. The van der Waals surface area contributed by atoms with Gasteiger partial charge in [-0.3, -0.25) is 14.3 Å². The SMILES string of the molecule is CN(C)Cn1c(=O)oc2cc(C(=O)/C=C/c3ccccc3)ccc21. The maximum atomic E-state index is 12.3. The number of ketones is 1. The highest BCUT2D eigenvalue weighted by Gasteiger charge is 2.12. The number of rotatable bonds is 5. The Morgan fingerprint density at radius 1 is 1.17 bits per heavy atom. The number of aromatic nitrogens is 1. The molecule has 2 aromatic carbocycles. The molecule has 3 aromatic rings. The number of fused-ring (bicyclic) bond motifs is 1. The minimum Gasteiger partial charge on any atom is -0.408 e. The second-order valence-corrected chi connectivity index (χ2v) is 5.81. The summed E-state index contributed by atoms with van der Waals surface area (Å²) in [5, 5.41) is 0. The Kier molecular flexibility index (Phi) is 4.44. The van der Waals surface area contributed by atoms with Crippen LogP contribution < -0.4 is 5.76 Å². The molecule has 122 valence electrons. The third-order valence-electron chi connectivity index (χ3n) is 3.60. The highest BCUT2D eigenvalue weighted by Crippen LogP contribution is 2.16. The van der Waals surface area contributed by atoms with E-state index in [0.717, 1.165) is 5.56 Å². The van der Waals surface area contributed by atoms with Gasteiger partial charge >= 0.3 is 5.76 Å². The van der Waals surface area contributed by atoms with E-state index in [1.807, 2.05) is 49.3 Å². The zero-order valence-corrected chi connectivity index (χ0v) is 13.6. The van der Waals surface area contributed by atoms with Crippen LogP contribution in [-0.2, 0) is 6.67 Å². The van der Waals surface area contributed by atoms with E-state index in [2.05, 4.69) is 0 Å². The second-order valence-electron chi connectivity index (χ2n) is 5.81. The van der Waals surface area contributed by atoms with Crippen molar-refractivity contribution in [2.45, 2.75) is 6.67 Å². The van der Waals surface area contributed by atoms with Gasteiger partial charge in [-0.2, -0.15) is 0 Å². The Balaban J connectivity index is 1.89. The number of benzene rings is 2. The van der Waals surface area contributed by atoms with Crippen LogP contribution in [0, 0.1) is 0 Å². The third-order valence-corrected chi connectivity index (χ3v) is 3.60. The number of carbonyl (C=O) groups is 1. The molecule has 3 rings (SSSR count). The van der Waals surface area contributed by atoms with Gasteiger partial charge in [0.2, 0.25) is 0 Å². The van der Waals surface area contributed by atoms with E-state index in [1.165, 1.54) is 10.6 Å². The van der Waals surface area contributed by atoms with Crippen LogP contribution in [-0.4, -0.2) is 29.3 Å². The molecule has 0 aliphatic rings. The molecule has 0 atom stereocenters. The smallest absolute Gasteiger partial charge is 0.408 e. The Hall–Kier alpha value is -2.92. The molecule has 0 spiro atoms. The predicted octanol–water partition coefficient (Wildman–Crippen LogP) is 3.01. The van der Waals surface area contributed by atoms with Crippen LogP contribution >= 0.6 is 0 Å². The van der Waals surface area contributed by atoms with Crippen LogP contribution in [0.4, 0.5) is 0 Å². The lowest BCUT2D eigenvalue weighted by molar-refractivity contribution is 0.104. The fourth-order valence-corrected chi connectivity index (χ4v) is 2.47. The van der Waals surface area contributed by atoms with E-state index in [4.69, 9.17) is 4.42 Å². The van der Waals surface area contributed by atoms with Gasteiger partial charge in [0.05, 0.1) is 12.2 Å². The molecule has 0 N–H and O–H groups in total. The van der Waals surface area contributed by atoms with Gasteiger partial charge in [-0.15, -0.1) is 0 Å². The number of oxazole rings is 1. The molecule has 0 bridgehead atoms. The first-order valence-corrected chi connectivity index (χ1v) is 7.60. The normalized spacial score (nSPS) is 11.6. The van der Waals surface area contributed by atoms with Gasteiger partial charge in [-0.25, -0.2) is 4.79 Å². The summed E-state index contributed by atoms with van der Waals surface area (Å²) in [7, 11) is 3.75. The molecule has 1 aromatic heterocycles.